The van der Waals surface area contributed by atoms with Crippen molar-refractivity contribution in [2.75, 3.05) is 10.6 Å². The Balaban J connectivity index is 1.56. The zero-order valence-electron chi connectivity index (χ0n) is 22.7. The van der Waals surface area contributed by atoms with Crippen molar-refractivity contribution in [2.24, 2.45) is 0 Å². The molecule has 4 aromatic rings. The zero-order valence-corrected chi connectivity index (χ0v) is 22.7. The van der Waals surface area contributed by atoms with E-state index in [0.29, 0.717) is 0 Å². The maximum Gasteiger partial charge on any atom is 0.181 e. The Morgan fingerprint density at radius 1 is 0.615 bits per heavy atom. The number of hydrogen-bond donors (Lipinski definition) is 2. The SMILES string of the molecule is CCc1cc(C(C)(C)c2ccc(Oc3ccc(NC#N)cc3)c(CC)c2)ccc1Oc1ccc(NC#N)cc1. The first-order chi connectivity index (χ1) is 18.9. The molecule has 0 bridgehead atoms. The van der Waals surface area contributed by atoms with E-state index in [9.17, 15) is 0 Å². The predicted molar refractivity (Wildman–Crippen MR) is 155 cm³/mol. The fourth-order valence-electron chi connectivity index (χ4n) is 4.45. The van der Waals surface area contributed by atoms with E-state index in [1.54, 1.807) is 0 Å². The molecule has 0 aliphatic rings. The molecule has 0 aromatic heterocycles. The highest BCUT2D eigenvalue weighted by Gasteiger charge is 2.25. The average molecular weight is 517 g/mol. The third-order valence-corrected chi connectivity index (χ3v) is 6.89. The Hall–Kier alpha value is -4.94. The summed E-state index contributed by atoms with van der Waals surface area (Å²) in [5.74, 6) is 3.10. The summed E-state index contributed by atoms with van der Waals surface area (Å²) < 4.78 is 12.4. The third kappa shape index (κ3) is 6.32. The number of ether oxygens (including phenoxy) is 2. The molecule has 0 aliphatic heterocycles. The maximum atomic E-state index is 8.78. The van der Waals surface area contributed by atoms with Crippen molar-refractivity contribution in [3.8, 4) is 35.4 Å². The summed E-state index contributed by atoms with van der Waals surface area (Å²) in [5.41, 5.74) is 5.89. The molecule has 0 aliphatic carbocycles. The highest BCUT2D eigenvalue weighted by atomic mass is 16.5. The molecule has 6 nitrogen and oxygen atoms in total. The fourth-order valence-corrected chi connectivity index (χ4v) is 4.45. The first-order valence-corrected chi connectivity index (χ1v) is 13.0. The van der Waals surface area contributed by atoms with Gasteiger partial charge in [0.2, 0.25) is 0 Å². The molecule has 0 fully saturated rings. The van der Waals surface area contributed by atoms with E-state index in [1.165, 1.54) is 11.1 Å². The molecule has 4 aromatic carbocycles. The monoisotopic (exact) mass is 516 g/mol. The lowest BCUT2D eigenvalue weighted by atomic mass is 9.77. The zero-order chi connectivity index (χ0) is 27.8. The molecule has 0 unspecified atom stereocenters. The number of nitrogens with zero attached hydrogens (tertiary/aromatic N) is 2. The number of nitrogens with one attached hydrogen (secondary N) is 2. The fraction of sp³-hybridized carbons (Fsp3) is 0.212. The van der Waals surface area contributed by atoms with Crippen LogP contribution in [0, 0.1) is 22.9 Å². The van der Waals surface area contributed by atoms with Crippen LogP contribution in [0.25, 0.3) is 0 Å². The normalized spacial score (nSPS) is 10.7. The molecule has 4 rings (SSSR count). The van der Waals surface area contributed by atoms with Crippen molar-refractivity contribution in [3.63, 3.8) is 0 Å². The number of anilines is 2. The van der Waals surface area contributed by atoms with Crippen LogP contribution in [0.3, 0.4) is 0 Å². The Morgan fingerprint density at radius 3 is 1.33 bits per heavy atom. The van der Waals surface area contributed by atoms with E-state index >= 15 is 0 Å². The van der Waals surface area contributed by atoms with E-state index in [2.05, 4.69) is 62.6 Å². The van der Waals surface area contributed by atoms with Crippen molar-refractivity contribution in [2.45, 2.75) is 46.0 Å². The first-order valence-electron chi connectivity index (χ1n) is 13.0. The van der Waals surface area contributed by atoms with E-state index in [1.807, 2.05) is 73.0 Å². The quantitative estimate of drug-likeness (QED) is 0.162. The number of rotatable bonds is 10. The summed E-state index contributed by atoms with van der Waals surface area (Å²) >= 11 is 0. The van der Waals surface area contributed by atoms with Crippen molar-refractivity contribution in [1.29, 1.82) is 10.5 Å². The van der Waals surface area contributed by atoms with Crippen molar-refractivity contribution in [3.05, 3.63) is 107 Å². The minimum Gasteiger partial charge on any atom is -0.457 e. The van der Waals surface area contributed by atoms with E-state index in [0.717, 1.165) is 58.3 Å². The van der Waals surface area contributed by atoms with Crippen LogP contribution in [0.2, 0.25) is 0 Å². The molecule has 196 valence electrons. The second-order valence-electron chi connectivity index (χ2n) is 9.70. The number of nitriles is 2. The van der Waals surface area contributed by atoms with Crippen molar-refractivity contribution < 1.29 is 9.47 Å². The molecule has 0 radical (unpaired) electrons. The van der Waals surface area contributed by atoms with Gasteiger partial charge in [-0.2, -0.15) is 10.5 Å². The minimum absolute atomic E-state index is 0.236. The Kier molecular flexibility index (Phi) is 8.39. The highest BCUT2D eigenvalue weighted by molar-refractivity contribution is 5.53. The van der Waals surface area contributed by atoms with Gasteiger partial charge in [0.05, 0.1) is 0 Å². The molecular formula is C33H32N4O2. The van der Waals surface area contributed by atoms with Gasteiger partial charge < -0.3 is 9.47 Å². The van der Waals surface area contributed by atoms with Crippen LogP contribution in [0.5, 0.6) is 23.0 Å². The van der Waals surface area contributed by atoms with Crippen LogP contribution in [0.1, 0.15) is 49.9 Å². The van der Waals surface area contributed by atoms with Gasteiger partial charge >= 0.3 is 0 Å². The van der Waals surface area contributed by atoms with Gasteiger partial charge in [-0.25, -0.2) is 0 Å². The molecule has 0 saturated carbocycles. The van der Waals surface area contributed by atoms with Crippen molar-refractivity contribution in [1.82, 2.24) is 0 Å². The molecule has 2 N–H and O–H groups in total. The smallest absolute Gasteiger partial charge is 0.181 e. The second kappa shape index (κ2) is 12.1. The number of hydrogen-bond acceptors (Lipinski definition) is 6. The van der Waals surface area contributed by atoms with Gasteiger partial charge in [-0.05, 0) is 95.8 Å². The van der Waals surface area contributed by atoms with Gasteiger partial charge in [0.25, 0.3) is 0 Å². The number of benzene rings is 4. The van der Waals surface area contributed by atoms with Gasteiger partial charge in [-0.15, -0.1) is 0 Å². The molecule has 39 heavy (non-hydrogen) atoms. The van der Waals surface area contributed by atoms with Gasteiger partial charge in [0.1, 0.15) is 23.0 Å². The van der Waals surface area contributed by atoms with Gasteiger partial charge in [0, 0.05) is 16.8 Å². The molecule has 0 atom stereocenters. The Morgan fingerprint density at radius 2 is 1.00 bits per heavy atom. The summed E-state index contributed by atoms with van der Waals surface area (Å²) in [6, 6.07) is 27.5. The van der Waals surface area contributed by atoms with Gasteiger partial charge in [0.15, 0.2) is 12.4 Å². The molecule has 6 heteroatoms. The molecule has 0 heterocycles. The van der Waals surface area contributed by atoms with E-state index < -0.39 is 0 Å². The topological polar surface area (TPSA) is 90.1 Å². The summed E-state index contributed by atoms with van der Waals surface area (Å²) in [5, 5.41) is 22.8. The predicted octanol–water partition coefficient (Wildman–Crippen LogP) is 8.51. The Labute approximate surface area is 230 Å². The summed E-state index contributed by atoms with van der Waals surface area (Å²) in [7, 11) is 0. The molecule has 0 amide bonds. The lowest BCUT2D eigenvalue weighted by Crippen LogP contribution is -2.19. The lowest BCUT2D eigenvalue weighted by Gasteiger charge is -2.28. The molecular weight excluding hydrogens is 484 g/mol. The minimum atomic E-state index is -0.236. The third-order valence-electron chi connectivity index (χ3n) is 6.89. The van der Waals surface area contributed by atoms with Crippen molar-refractivity contribution >= 4 is 11.4 Å². The molecule has 0 saturated heterocycles. The maximum absolute atomic E-state index is 8.78. The summed E-state index contributed by atoms with van der Waals surface area (Å²) in [4.78, 5) is 0. The van der Waals surface area contributed by atoms with Crippen LogP contribution < -0.4 is 20.1 Å². The van der Waals surface area contributed by atoms with E-state index in [-0.39, 0.29) is 5.41 Å². The van der Waals surface area contributed by atoms with E-state index in [4.69, 9.17) is 20.0 Å². The second-order valence-corrected chi connectivity index (χ2v) is 9.70. The Bertz CT molecular complexity index is 1400. The largest absolute Gasteiger partial charge is 0.457 e. The van der Waals surface area contributed by atoms with Crippen LogP contribution in [0.15, 0.2) is 84.9 Å². The summed E-state index contributed by atoms with van der Waals surface area (Å²) in [6.07, 6.45) is 5.52. The van der Waals surface area contributed by atoms with Gasteiger partial charge in [-0.3, -0.25) is 10.6 Å². The van der Waals surface area contributed by atoms with Crippen LogP contribution in [-0.4, -0.2) is 0 Å². The molecule has 0 spiro atoms. The first kappa shape index (κ1) is 27.1. The van der Waals surface area contributed by atoms with Gasteiger partial charge in [-0.1, -0.05) is 52.0 Å². The highest BCUT2D eigenvalue weighted by Crippen LogP contribution is 2.38. The number of aryl methyl sites for hydroxylation is 2. The standard InChI is InChI=1S/C33H32N4O2/c1-5-23-19-25(7-17-31(23)38-29-13-9-27(10-14-29)36-21-34)33(3,4)26-8-18-32(24(6-2)20-26)39-30-15-11-28(12-16-30)37-22-35/h7-20,36-37H,5-6H2,1-4H3. The lowest BCUT2D eigenvalue weighted by molar-refractivity contribution is 0.475. The average Bonchev–Trinajstić information content (AvgIpc) is 2.95. The van der Waals surface area contributed by atoms with Crippen LogP contribution in [0.4, 0.5) is 11.4 Å². The summed E-state index contributed by atoms with van der Waals surface area (Å²) in [6.45, 7) is 8.73. The van der Waals surface area contributed by atoms with Crippen LogP contribution >= 0.6 is 0 Å². The van der Waals surface area contributed by atoms with Crippen LogP contribution in [-0.2, 0) is 18.3 Å².